The average Bonchev–Trinajstić information content (AvgIpc) is 2.73. The van der Waals surface area contributed by atoms with E-state index in [1.54, 1.807) is 6.07 Å². The standard InChI is InChI=1S/C15H23FN2/c1-11(2)17-9-13-4-5-15(14(16)8-13)18-7-6-12(3)10-18/h4-5,8,11-12,17H,6-7,9-10H2,1-3H3. The fraction of sp³-hybridized carbons (Fsp3) is 0.600. The maximum atomic E-state index is 14.1. The summed E-state index contributed by atoms with van der Waals surface area (Å²) in [7, 11) is 0. The molecule has 3 heteroatoms. The molecular weight excluding hydrogens is 227 g/mol. The number of hydrogen-bond donors (Lipinski definition) is 1. The third-order valence-electron chi connectivity index (χ3n) is 3.49. The summed E-state index contributed by atoms with van der Waals surface area (Å²) in [4.78, 5) is 2.15. The van der Waals surface area contributed by atoms with Crippen LogP contribution >= 0.6 is 0 Å². The van der Waals surface area contributed by atoms with E-state index in [2.05, 4.69) is 31.0 Å². The van der Waals surface area contributed by atoms with Gasteiger partial charge in [-0.05, 0) is 30.0 Å². The van der Waals surface area contributed by atoms with Crippen LogP contribution in [-0.4, -0.2) is 19.1 Å². The highest BCUT2D eigenvalue weighted by molar-refractivity contribution is 5.50. The van der Waals surface area contributed by atoms with Gasteiger partial charge in [0.15, 0.2) is 0 Å². The largest absolute Gasteiger partial charge is 0.369 e. The quantitative estimate of drug-likeness (QED) is 0.883. The molecule has 2 rings (SSSR count). The predicted octanol–water partition coefficient (Wildman–Crippen LogP) is 3.17. The lowest BCUT2D eigenvalue weighted by Gasteiger charge is -2.19. The zero-order chi connectivity index (χ0) is 13.1. The minimum atomic E-state index is -0.0906. The van der Waals surface area contributed by atoms with E-state index in [1.165, 1.54) is 0 Å². The van der Waals surface area contributed by atoms with Crippen LogP contribution in [0.2, 0.25) is 0 Å². The van der Waals surface area contributed by atoms with Gasteiger partial charge in [-0.25, -0.2) is 4.39 Å². The molecule has 1 heterocycles. The summed E-state index contributed by atoms with van der Waals surface area (Å²) in [6, 6.07) is 6.03. The van der Waals surface area contributed by atoms with Crippen molar-refractivity contribution >= 4 is 5.69 Å². The number of nitrogens with zero attached hydrogens (tertiary/aromatic N) is 1. The smallest absolute Gasteiger partial charge is 0.146 e. The van der Waals surface area contributed by atoms with Crippen LogP contribution < -0.4 is 10.2 Å². The predicted molar refractivity (Wildman–Crippen MR) is 74.4 cm³/mol. The first kappa shape index (κ1) is 13.3. The molecule has 1 aliphatic rings. The van der Waals surface area contributed by atoms with Gasteiger partial charge in [-0.2, -0.15) is 0 Å². The first-order valence-electron chi connectivity index (χ1n) is 6.83. The number of nitrogens with one attached hydrogen (secondary N) is 1. The van der Waals surface area contributed by atoms with Crippen molar-refractivity contribution in [3.8, 4) is 0 Å². The summed E-state index contributed by atoms with van der Waals surface area (Å²) in [5, 5.41) is 3.30. The Morgan fingerprint density at radius 3 is 2.78 bits per heavy atom. The van der Waals surface area contributed by atoms with Gasteiger partial charge in [0, 0.05) is 25.7 Å². The third kappa shape index (κ3) is 3.22. The minimum Gasteiger partial charge on any atom is -0.369 e. The molecule has 1 saturated heterocycles. The molecule has 0 aliphatic carbocycles. The van der Waals surface area contributed by atoms with Crippen LogP contribution in [0.25, 0.3) is 0 Å². The molecule has 1 atom stereocenters. The van der Waals surface area contributed by atoms with Crippen LogP contribution in [0.4, 0.5) is 10.1 Å². The van der Waals surface area contributed by atoms with Gasteiger partial charge in [0.1, 0.15) is 5.82 Å². The molecule has 1 N–H and O–H groups in total. The summed E-state index contributed by atoms with van der Waals surface area (Å²) >= 11 is 0. The van der Waals surface area contributed by atoms with Crippen molar-refractivity contribution in [3.05, 3.63) is 29.6 Å². The Morgan fingerprint density at radius 1 is 1.44 bits per heavy atom. The minimum absolute atomic E-state index is 0.0906. The van der Waals surface area contributed by atoms with E-state index in [1.807, 2.05) is 12.1 Å². The molecule has 2 nitrogen and oxygen atoms in total. The Bertz CT molecular complexity index is 403. The molecule has 0 saturated carbocycles. The second kappa shape index (κ2) is 5.70. The van der Waals surface area contributed by atoms with Crippen molar-refractivity contribution in [1.29, 1.82) is 0 Å². The molecular formula is C15H23FN2. The first-order chi connectivity index (χ1) is 8.56. The molecule has 1 fully saturated rings. The maximum Gasteiger partial charge on any atom is 0.146 e. The van der Waals surface area contributed by atoms with Gasteiger partial charge in [0.05, 0.1) is 5.69 Å². The number of benzene rings is 1. The lowest BCUT2D eigenvalue weighted by Crippen LogP contribution is -2.23. The third-order valence-corrected chi connectivity index (χ3v) is 3.49. The van der Waals surface area contributed by atoms with E-state index in [4.69, 9.17) is 0 Å². The molecule has 18 heavy (non-hydrogen) atoms. The van der Waals surface area contributed by atoms with E-state index in [0.29, 0.717) is 12.0 Å². The first-order valence-corrected chi connectivity index (χ1v) is 6.83. The van der Waals surface area contributed by atoms with Gasteiger partial charge in [0.25, 0.3) is 0 Å². The highest BCUT2D eigenvalue weighted by Crippen LogP contribution is 2.26. The molecule has 1 unspecified atom stereocenters. The van der Waals surface area contributed by atoms with Crippen molar-refractivity contribution in [2.45, 2.75) is 39.8 Å². The lowest BCUT2D eigenvalue weighted by atomic mass is 10.1. The summed E-state index contributed by atoms with van der Waals surface area (Å²) in [6.45, 7) is 9.08. The van der Waals surface area contributed by atoms with Crippen LogP contribution in [0.1, 0.15) is 32.8 Å². The van der Waals surface area contributed by atoms with Gasteiger partial charge in [0.2, 0.25) is 0 Å². The van der Waals surface area contributed by atoms with Crippen molar-refractivity contribution in [1.82, 2.24) is 5.32 Å². The Kier molecular flexibility index (Phi) is 4.23. The number of anilines is 1. The molecule has 0 bridgehead atoms. The Balaban J connectivity index is 2.05. The van der Waals surface area contributed by atoms with E-state index in [-0.39, 0.29) is 5.82 Å². The van der Waals surface area contributed by atoms with E-state index in [0.717, 1.165) is 37.3 Å². The van der Waals surface area contributed by atoms with Crippen molar-refractivity contribution in [3.63, 3.8) is 0 Å². The topological polar surface area (TPSA) is 15.3 Å². The lowest BCUT2D eigenvalue weighted by molar-refractivity contribution is 0.580. The fourth-order valence-electron chi connectivity index (χ4n) is 2.39. The molecule has 0 radical (unpaired) electrons. The average molecular weight is 250 g/mol. The second-order valence-electron chi connectivity index (χ2n) is 5.66. The molecule has 0 amide bonds. The van der Waals surface area contributed by atoms with Crippen LogP contribution in [0.15, 0.2) is 18.2 Å². The molecule has 0 aromatic heterocycles. The van der Waals surface area contributed by atoms with Crippen LogP contribution in [-0.2, 0) is 6.54 Å². The highest BCUT2D eigenvalue weighted by Gasteiger charge is 2.21. The van der Waals surface area contributed by atoms with E-state index < -0.39 is 0 Å². The SMILES string of the molecule is CC1CCN(c2ccc(CNC(C)C)cc2F)C1. The van der Waals surface area contributed by atoms with Gasteiger partial charge in [-0.3, -0.25) is 0 Å². The molecule has 0 spiro atoms. The normalized spacial score (nSPS) is 19.8. The molecule has 1 aliphatic heterocycles. The van der Waals surface area contributed by atoms with Crippen molar-refractivity contribution < 1.29 is 4.39 Å². The Labute approximate surface area is 109 Å². The second-order valence-corrected chi connectivity index (χ2v) is 5.66. The van der Waals surface area contributed by atoms with Crippen molar-refractivity contribution in [2.24, 2.45) is 5.92 Å². The maximum absolute atomic E-state index is 14.1. The Hall–Kier alpha value is -1.09. The number of rotatable bonds is 4. The van der Waals surface area contributed by atoms with Gasteiger partial charge < -0.3 is 10.2 Å². The Morgan fingerprint density at radius 2 is 2.22 bits per heavy atom. The van der Waals surface area contributed by atoms with Crippen LogP contribution in [0.3, 0.4) is 0 Å². The zero-order valence-electron chi connectivity index (χ0n) is 11.5. The molecule has 100 valence electrons. The van der Waals surface area contributed by atoms with Crippen LogP contribution in [0, 0.1) is 11.7 Å². The summed E-state index contributed by atoms with van der Waals surface area (Å²) in [5.74, 6) is 0.582. The molecule has 1 aromatic rings. The molecule has 1 aromatic carbocycles. The van der Waals surface area contributed by atoms with E-state index in [9.17, 15) is 4.39 Å². The number of halogens is 1. The highest BCUT2D eigenvalue weighted by atomic mass is 19.1. The van der Waals surface area contributed by atoms with Gasteiger partial charge >= 0.3 is 0 Å². The zero-order valence-corrected chi connectivity index (χ0v) is 11.5. The van der Waals surface area contributed by atoms with E-state index >= 15 is 0 Å². The van der Waals surface area contributed by atoms with Gasteiger partial charge in [-0.1, -0.05) is 26.8 Å². The monoisotopic (exact) mass is 250 g/mol. The number of hydrogen-bond acceptors (Lipinski definition) is 2. The summed E-state index contributed by atoms with van der Waals surface area (Å²) in [6.07, 6.45) is 1.16. The summed E-state index contributed by atoms with van der Waals surface area (Å²) in [5.41, 5.74) is 1.77. The fourth-order valence-corrected chi connectivity index (χ4v) is 2.39. The van der Waals surface area contributed by atoms with Crippen LogP contribution in [0.5, 0.6) is 0 Å². The summed E-state index contributed by atoms with van der Waals surface area (Å²) < 4.78 is 14.1. The van der Waals surface area contributed by atoms with Gasteiger partial charge in [-0.15, -0.1) is 0 Å². The van der Waals surface area contributed by atoms with Crippen molar-refractivity contribution in [2.75, 3.05) is 18.0 Å².